The summed E-state index contributed by atoms with van der Waals surface area (Å²) < 4.78 is 5.01. The zero-order valence-corrected chi connectivity index (χ0v) is 16.7. The number of anilines is 1. The van der Waals surface area contributed by atoms with Crippen LogP contribution in [0.2, 0.25) is 0 Å². The van der Waals surface area contributed by atoms with Gasteiger partial charge in [0.25, 0.3) is 5.91 Å². The van der Waals surface area contributed by atoms with E-state index in [1.165, 1.54) is 0 Å². The van der Waals surface area contributed by atoms with E-state index in [0.29, 0.717) is 18.5 Å². The van der Waals surface area contributed by atoms with Crippen molar-refractivity contribution in [2.45, 2.75) is 39.0 Å². The van der Waals surface area contributed by atoms with Crippen molar-refractivity contribution in [1.29, 1.82) is 0 Å². The number of allylic oxidation sites excluding steroid dienone is 2. The molecule has 1 aliphatic carbocycles. The van der Waals surface area contributed by atoms with Gasteiger partial charge < -0.3 is 10.1 Å². The van der Waals surface area contributed by atoms with E-state index in [9.17, 15) is 19.2 Å². The first-order valence-electron chi connectivity index (χ1n) is 9.93. The van der Waals surface area contributed by atoms with Gasteiger partial charge in [-0.3, -0.25) is 24.1 Å². The maximum atomic E-state index is 12.4. The molecule has 1 saturated heterocycles. The Hall–Kier alpha value is -2.96. The van der Waals surface area contributed by atoms with Crippen molar-refractivity contribution >= 4 is 29.4 Å². The summed E-state index contributed by atoms with van der Waals surface area (Å²) in [6.07, 6.45) is 4.84. The van der Waals surface area contributed by atoms with Crippen molar-refractivity contribution in [3.63, 3.8) is 0 Å². The molecule has 1 aliphatic heterocycles. The lowest BCUT2D eigenvalue weighted by atomic mass is 9.85. The van der Waals surface area contributed by atoms with Crippen LogP contribution >= 0.6 is 0 Å². The quantitative estimate of drug-likeness (QED) is 0.433. The number of carbonyl (C=O) groups excluding carboxylic acids is 4. The Labute approximate surface area is 170 Å². The van der Waals surface area contributed by atoms with Crippen LogP contribution in [0, 0.1) is 11.8 Å². The monoisotopic (exact) mass is 398 g/mol. The van der Waals surface area contributed by atoms with Crippen LogP contribution < -0.4 is 5.32 Å². The number of fused-ring (bicyclic) bond motifs is 1. The predicted octanol–water partition coefficient (Wildman–Crippen LogP) is 2.63. The molecule has 7 heteroatoms. The number of hydrogen-bond acceptors (Lipinski definition) is 5. The third-order valence-electron chi connectivity index (χ3n) is 5.36. The topological polar surface area (TPSA) is 92.8 Å². The summed E-state index contributed by atoms with van der Waals surface area (Å²) in [4.78, 5) is 50.0. The normalized spacial score (nSPS) is 20.7. The number of para-hydroxylation sites is 1. The number of nitrogens with one attached hydrogen (secondary N) is 1. The second-order valence-corrected chi connectivity index (χ2v) is 7.68. The van der Waals surface area contributed by atoms with E-state index in [-0.39, 0.29) is 42.5 Å². The van der Waals surface area contributed by atoms with E-state index in [0.717, 1.165) is 10.5 Å². The average Bonchev–Trinajstić information content (AvgIpc) is 2.95. The summed E-state index contributed by atoms with van der Waals surface area (Å²) in [5.74, 6) is -1.88. The van der Waals surface area contributed by atoms with Crippen LogP contribution in [-0.4, -0.2) is 41.7 Å². The average molecular weight is 398 g/mol. The van der Waals surface area contributed by atoms with Crippen LogP contribution in [0.1, 0.15) is 44.6 Å². The molecule has 0 bridgehead atoms. The summed E-state index contributed by atoms with van der Waals surface area (Å²) in [6, 6.07) is 7.46. The molecule has 7 nitrogen and oxygen atoms in total. The van der Waals surface area contributed by atoms with Crippen LogP contribution in [0.25, 0.3) is 0 Å². The number of ether oxygens (including phenoxy) is 1. The van der Waals surface area contributed by atoms with Gasteiger partial charge in [0, 0.05) is 12.2 Å². The van der Waals surface area contributed by atoms with Crippen LogP contribution in [0.5, 0.6) is 0 Å². The molecule has 1 aromatic carbocycles. The molecule has 3 amide bonds. The van der Waals surface area contributed by atoms with Crippen molar-refractivity contribution in [3.8, 4) is 0 Å². The first kappa shape index (κ1) is 20.8. The van der Waals surface area contributed by atoms with Crippen molar-refractivity contribution < 1.29 is 23.9 Å². The fourth-order valence-corrected chi connectivity index (χ4v) is 3.81. The van der Waals surface area contributed by atoms with Gasteiger partial charge in [0.15, 0.2) is 6.61 Å². The predicted molar refractivity (Wildman–Crippen MR) is 107 cm³/mol. The lowest BCUT2D eigenvalue weighted by molar-refractivity contribution is -0.148. The molecule has 0 saturated carbocycles. The molecule has 0 radical (unpaired) electrons. The Bertz CT molecular complexity index is 819. The number of carbonyl (C=O) groups is 4. The highest BCUT2D eigenvalue weighted by Crippen LogP contribution is 2.35. The molecule has 1 heterocycles. The number of esters is 1. The number of amides is 3. The highest BCUT2D eigenvalue weighted by atomic mass is 16.5. The molecular formula is C22H26N2O5. The third-order valence-corrected chi connectivity index (χ3v) is 5.36. The van der Waals surface area contributed by atoms with Crippen LogP contribution in [0.15, 0.2) is 36.4 Å². The van der Waals surface area contributed by atoms with Gasteiger partial charge >= 0.3 is 5.97 Å². The minimum atomic E-state index is -0.620. The molecular weight excluding hydrogens is 372 g/mol. The van der Waals surface area contributed by atoms with Gasteiger partial charge in [-0.15, -0.1) is 0 Å². The molecule has 2 aliphatic rings. The van der Waals surface area contributed by atoms with Crippen molar-refractivity contribution in [3.05, 3.63) is 42.0 Å². The Balaban J connectivity index is 1.45. The van der Waals surface area contributed by atoms with Crippen molar-refractivity contribution in [2.24, 2.45) is 11.8 Å². The Kier molecular flexibility index (Phi) is 6.46. The maximum Gasteiger partial charge on any atom is 0.308 e. The first-order valence-corrected chi connectivity index (χ1v) is 9.93. The highest BCUT2D eigenvalue weighted by Gasteiger charge is 2.46. The van der Waals surface area contributed by atoms with Crippen LogP contribution in [-0.2, 0) is 23.9 Å². The number of benzene rings is 1. The summed E-state index contributed by atoms with van der Waals surface area (Å²) in [6.45, 7) is 3.62. The lowest BCUT2D eigenvalue weighted by Crippen LogP contribution is -2.33. The second kappa shape index (κ2) is 9.03. The second-order valence-electron chi connectivity index (χ2n) is 7.68. The largest absolute Gasteiger partial charge is 0.456 e. The summed E-state index contributed by atoms with van der Waals surface area (Å²) >= 11 is 0. The lowest BCUT2D eigenvalue weighted by Gasteiger charge is -2.15. The number of likely N-dealkylation sites (tertiary alicyclic amines) is 1. The Morgan fingerprint density at radius 3 is 2.34 bits per heavy atom. The smallest absolute Gasteiger partial charge is 0.308 e. The minimum absolute atomic E-state index is 0.0126. The minimum Gasteiger partial charge on any atom is -0.456 e. The standard InChI is InChI=1S/C22H26N2O5/c1-14(2)15-7-5-6-10-18(15)23-19(25)13-29-20(26)11-12-24-21(27)16-8-3-4-9-17(16)22(24)28/h3-7,10,14,16-17H,8-9,11-13H2,1-2H3,(H,23,25)/t16-,17-/m1/s1. The van der Waals surface area contributed by atoms with Crippen molar-refractivity contribution in [1.82, 2.24) is 4.90 Å². The molecule has 2 atom stereocenters. The molecule has 29 heavy (non-hydrogen) atoms. The van der Waals surface area contributed by atoms with E-state index < -0.39 is 18.5 Å². The first-order chi connectivity index (χ1) is 13.9. The molecule has 0 aromatic heterocycles. The van der Waals surface area contributed by atoms with E-state index in [2.05, 4.69) is 5.32 Å². The van der Waals surface area contributed by atoms with E-state index in [4.69, 9.17) is 4.74 Å². The highest BCUT2D eigenvalue weighted by molar-refractivity contribution is 6.05. The van der Waals surface area contributed by atoms with E-state index in [1.807, 2.05) is 44.2 Å². The zero-order chi connectivity index (χ0) is 21.0. The van der Waals surface area contributed by atoms with Crippen LogP contribution in [0.4, 0.5) is 5.69 Å². The number of nitrogens with zero attached hydrogens (tertiary/aromatic N) is 1. The number of imide groups is 1. The Morgan fingerprint density at radius 1 is 1.10 bits per heavy atom. The van der Waals surface area contributed by atoms with E-state index >= 15 is 0 Å². The molecule has 1 N–H and O–H groups in total. The molecule has 154 valence electrons. The summed E-state index contributed by atoms with van der Waals surface area (Å²) in [5.41, 5.74) is 1.68. The molecule has 3 rings (SSSR count). The number of rotatable bonds is 7. The van der Waals surface area contributed by atoms with Gasteiger partial charge in [0.2, 0.25) is 11.8 Å². The van der Waals surface area contributed by atoms with Crippen molar-refractivity contribution in [2.75, 3.05) is 18.5 Å². The Morgan fingerprint density at radius 2 is 1.72 bits per heavy atom. The summed E-state index contributed by atoms with van der Waals surface area (Å²) in [7, 11) is 0. The van der Waals surface area contributed by atoms with Gasteiger partial charge in [-0.05, 0) is 30.4 Å². The fourth-order valence-electron chi connectivity index (χ4n) is 3.81. The maximum absolute atomic E-state index is 12.4. The summed E-state index contributed by atoms with van der Waals surface area (Å²) in [5, 5.41) is 2.75. The fraction of sp³-hybridized carbons (Fsp3) is 0.455. The third kappa shape index (κ3) is 4.72. The van der Waals surface area contributed by atoms with Gasteiger partial charge in [0.1, 0.15) is 0 Å². The van der Waals surface area contributed by atoms with Gasteiger partial charge in [0.05, 0.1) is 18.3 Å². The zero-order valence-electron chi connectivity index (χ0n) is 16.7. The van der Waals surface area contributed by atoms with Gasteiger partial charge in [-0.2, -0.15) is 0 Å². The molecule has 1 fully saturated rings. The molecule has 0 unspecified atom stereocenters. The SMILES string of the molecule is CC(C)c1ccccc1NC(=O)COC(=O)CCN1C(=O)[C@@H]2CC=CC[C@H]2C1=O. The van der Waals surface area contributed by atoms with Crippen LogP contribution in [0.3, 0.4) is 0 Å². The van der Waals surface area contributed by atoms with Gasteiger partial charge in [-0.25, -0.2) is 0 Å². The van der Waals surface area contributed by atoms with Gasteiger partial charge in [-0.1, -0.05) is 44.2 Å². The molecule has 0 spiro atoms. The number of hydrogen-bond donors (Lipinski definition) is 1. The van der Waals surface area contributed by atoms with E-state index in [1.54, 1.807) is 6.07 Å². The molecule has 1 aromatic rings.